The van der Waals surface area contributed by atoms with Gasteiger partial charge in [-0.15, -0.1) is 0 Å². The second kappa shape index (κ2) is 4.87. The Balaban J connectivity index is 2.36. The molecule has 3 nitrogen and oxygen atoms in total. The predicted molar refractivity (Wildman–Crippen MR) is 66.5 cm³/mol. The molecule has 2 rings (SSSR count). The molecule has 0 saturated carbocycles. The topological polar surface area (TPSA) is 46.5 Å². The van der Waals surface area contributed by atoms with Crippen molar-refractivity contribution in [3.63, 3.8) is 0 Å². The molecular weight excluding hydrogens is 216 g/mol. The largest absolute Gasteiger partial charge is 0.494 e. The molecule has 0 aliphatic heterocycles. The third kappa shape index (κ3) is 2.75. The van der Waals surface area contributed by atoms with E-state index in [4.69, 9.17) is 9.84 Å². The van der Waals surface area contributed by atoms with Crippen LogP contribution in [0.15, 0.2) is 36.4 Å². The van der Waals surface area contributed by atoms with Crippen molar-refractivity contribution in [1.29, 1.82) is 0 Å². The Morgan fingerprint density at radius 1 is 1.18 bits per heavy atom. The van der Waals surface area contributed by atoms with Gasteiger partial charge in [-0.2, -0.15) is 0 Å². The lowest BCUT2D eigenvalue weighted by Gasteiger charge is -2.05. The summed E-state index contributed by atoms with van der Waals surface area (Å²) in [6, 6.07) is 11.5. The van der Waals surface area contributed by atoms with E-state index in [-0.39, 0.29) is 6.42 Å². The maximum atomic E-state index is 10.6. The van der Waals surface area contributed by atoms with Crippen LogP contribution in [0.25, 0.3) is 10.8 Å². The van der Waals surface area contributed by atoms with Gasteiger partial charge < -0.3 is 9.84 Å². The first-order valence-electron chi connectivity index (χ1n) is 5.56. The number of hydrogen-bond acceptors (Lipinski definition) is 2. The van der Waals surface area contributed by atoms with Crippen LogP contribution in [0, 0.1) is 0 Å². The van der Waals surface area contributed by atoms with E-state index in [9.17, 15) is 4.79 Å². The van der Waals surface area contributed by atoms with Gasteiger partial charge in [0, 0.05) is 0 Å². The van der Waals surface area contributed by atoms with Gasteiger partial charge in [0.05, 0.1) is 13.0 Å². The second-order valence-corrected chi connectivity index (χ2v) is 3.85. The molecule has 0 unspecified atom stereocenters. The van der Waals surface area contributed by atoms with Crippen molar-refractivity contribution >= 4 is 16.7 Å². The lowest BCUT2D eigenvalue weighted by molar-refractivity contribution is -0.136. The molecule has 88 valence electrons. The van der Waals surface area contributed by atoms with Crippen molar-refractivity contribution in [2.24, 2.45) is 0 Å². The van der Waals surface area contributed by atoms with Crippen molar-refractivity contribution in [3.8, 4) is 5.75 Å². The third-order valence-electron chi connectivity index (χ3n) is 2.54. The summed E-state index contributed by atoms with van der Waals surface area (Å²) < 4.78 is 5.41. The summed E-state index contributed by atoms with van der Waals surface area (Å²) in [5.74, 6) is 0.0290. The third-order valence-corrected chi connectivity index (χ3v) is 2.54. The SMILES string of the molecule is CCOc1ccc2cc(CC(=O)O)ccc2c1. The van der Waals surface area contributed by atoms with E-state index >= 15 is 0 Å². The smallest absolute Gasteiger partial charge is 0.307 e. The maximum absolute atomic E-state index is 10.6. The molecular formula is C14H14O3. The first-order chi connectivity index (χ1) is 8.19. The van der Waals surface area contributed by atoms with Crippen LogP contribution in [0.1, 0.15) is 12.5 Å². The summed E-state index contributed by atoms with van der Waals surface area (Å²) >= 11 is 0. The van der Waals surface area contributed by atoms with Crippen molar-refractivity contribution in [1.82, 2.24) is 0 Å². The van der Waals surface area contributed by atoms with Gasteiger partial charge in [-0.3, -0.25) is 4.79 Å². The summed E-state index contributed by atoms with van der Waals surface area (Å²) in [7, 11) is 0. The number of benzene rings is 2. The van der Waals surface area contributed by atoms with Crippen LogP contribution < -0.4 is 4.74 Å². The van der Waals surface area contributed by atoms with Crippen LogP contribution in [0.2, 0.25) is 0 Å². The molecule has 0 bridgehead atoms. The summed E-state index contributed by atoms with van der Waals surface area (Å²) in [5.41, 5.74) is 0.814. The molecule has 1 N–H and O–H groups in total. The summed E-state index contributed by atoms with van der Waals surface area (Å²) in [6.45, 7) is 2.59. The lowest BCUT2D eigenvalue weighted by Crippen LogP contribution is -1.99. The second-order valence-electron chi connectivity index (χ2n) is 3.85. The fourth-order valence-corrected chi connectivity index (χ4v) is 1.81. The fourth-order valence-electron chi connectivity index (χ4n) is 1.81. The van der Waals surface area contributed by atoms with Crippen LogP contribution in [-0.4, -0.2) is 17.7 Å². The Morgan fingerprint density at radius 3 is 2.59 bits per heavy atom. The minimum Gasteiger partial charge on any atom is -0.494 e. The summed E-state index contributed by atoms with van der Waals surface area (Å²) in [6.07, 6.45) is 0.0587. The van der Waals surface area contributed by atoms with E-state index in [1.54, 1.807) is 0 Å². The molecule has 0 amide bonds. The van der Waals surface area contributed by atoms with Crippen molar-refractivity contribution in [2.75, 3.05) is 6.61 Å². The predicted octanol–water partition coefficient (Wildman–Crippen LogP) is 2.87. The van der Waals surface area contributed by atoms with Crippen molar-refractivity contribution in [2.45, 2.75) is 13.3 Å². The van der Waals surface area contributed by atoms with Gasteiger partial charge >= 0.3 is 5.97 Å². The molecule has 0 radical (unpaired) electrons. The van der Waals surface area contributed by atoms with Gasteiger partial charge in [0.1, 0.15) is 5.75 Å². The van der Waals surface area contributed by atoms with Gasteiger partial charge in [0.25, 0.3) is 0 Å². The monoisotopic (exact) mass is 230 g/mol. The number of fused-ring (bicyclic) bond motifs is 1. The molecule has 0 fully saturated rings. The number of hydrogen-bond donors (Lipinski definition) is 1. The summed E-state index contributed by atoms with van der Waals surface area (Å²) in [5, 5.41) is 10.8. The van der Waals surface area contributed by atoms with E-state index in [0.717, 1.165) is 22.1 Å². The van der Waals surface area contributed by atoms with Crippen LogP contribution in [0.5, 0.6) is 5.75 Å². The highest BCUT2D eigenvalue weighted by Crippen LogP contribution is 2.22. The molecule has 0 spiro atoms. The van der Waals surface area contributed by atoms with E-state index < -0.39 is 5.97 Å². The standard InChI is InChI=1S/C14H14O3/c1-2-17-13-6-5-11-7-10(8-14(15)16)3-4-12(11)9-13/h3-7,9H,2,8H2,1H3,(H,15,16). The number of carbonyl (C=O) groups is 1. The highest BCUT2D eigenvalue weighted by Gasteiger charge is 2.02. The zero-order valence-electron chi connectivity index (χ0n) is 9.64. The van der Waals surface area contributed by atoms with Crippen LogP contribution in [0.3, 0.4) is 0 Å². The fraction of sp³-hybridized carbons (Fsp3) is 0.214. The average Bonchev–Trinajstić information content (AvgIpc) is 2.29. The normalized spacial score (nSPS) is 10.4. The summed E-state index contributed by atoms with van der Waals surface area (Å²) in [4.78, 5) is 10.6. The Labute approximate surface area is 99.6 Å². The van der Waals surface area contributed by atoms with E-state index in [1.807, 2.05) is 43.3 Å². The number of carboxylic acids is 1. The number of carboxylic acid groups (broad SMARTS) is 1. The lowest BCUT2D eigenvalue weighted by atomic mass is 10.0. The van der Waals surface area contributed by atoms with Crippen molar-refractivity contribution in [3.05, 3.63) is 42.0 Å². The first-order valence-corrected chi connectivity index (χ1v) is 5.56. The Morgan fingerprint density at radius 2 is 1.88 bits per heavy atom. The average molecular weight is 230 g/mol. The zero-order chi connectivity index (χ0) is 12.3. The molecule has 2 aromatic carbocycles. The van der Waals surface area contributed by atoms with Crippen LogP contribution in [-0.2, 0) is 11.2 Å². The van der Waals surface area contributed by atoms with Gasteiger partial charge in [0.15, 0.2) is 0 Å². The maximum Gasteiger partial charge on any atom is 0.307 e. The molecule has 0 atom stereocenters. The zero-order valence-corrected chi connectivity index (χ0v) is 9.64. The van der Waals surface area contributed by atoms with E-state index in [2.05, 4.69) is 0 Å². The number of ether oxygens (including phenoxy) is 1. The Bertz CT molecular complexity index is 546. The van der Waals surface area contributed by atoms with Gasteiger partial charge in [-0.25, -0.2) is 0 Å². The quantitative estimate of drug-likeness (QED) is 0.878. The van der Waals surface area contributed by atoms with Gasteiger partial charge in [-0.1, -0.05) is 24.3 Å². The molecule has 0 aliphatic rings. The van der Waals surface area contributed by atoms with Crippen molar-refractivity contribution < 1.29 is 14.6 Å². The number of rotatable bonds is 4. The number of aliphatic carboxylic acids is 1. The van der Waals surface area contributed by atoms with E-state index in [1.165, 1.54) is 0 Å². The molecule has 2 aromatic rings. The van der Waals surface area contributed by atoms with E-state index in [0.29, 0.717) is 6.61 Å². The van der Waals surface area contributed by atoms with Gasteiger partial charge in [-0.05, 0) is 35.4 Å². The minimum atomic E-state index is -0.810. The van der Waals surface area contributed by atoms with Crippen LogP contribution >= 0.6 is 0 Å². The Hall–Kier alpha value is -2.03. The highest BCUT2D eigenvalue weighted by atomic mass is 16.5. The molecule has 0 aliphatic carbocycles. The Kier molecular flexibility index (Phi) is 3.28. The van der Waals surface area contributed by atoms with Crippen LogP contribution in [0.4, 0.5) is 0 Å². The minimum absolute atomic E-state index is 0.0587. The molecule has 0 aromatic heterocycles. The van der Waals surface area contributed by atoms with Gasteiger partial charge in [0.2, 0.25) is 0 Å². The molecule has 0 heterocycles. The molecule has 0 saturated heterocycles. The highest BCUT2D eigenvalue weighted by molar-refractivity contribution is 5.85. The molecule has 17 heavy (non-hydrogen) atoms. The molecule has 3 heteroatoms. The first kappa shape index (κ1) is 11.5.